The van der Waals surface area contributed by atoms with Gasteiger partial charge in [0.2, 0.25) is 5.95 Å². The monoisotopic (exact) mass is 346 g/mol. The summed E-state index contributed by atoms with van der Waals surface area (Å²) in [4.78, 5) is 4.15. The Balaban J connectivity index is 2.21. The van der Waals surface area contributed by atoms with Gasteiger partial charge < -0.3 is 10.5 Å². The predicted molar refractivity (Wildman–Crippen MR) is 86.7 cm³/mol. The lowest BCUT2D eigenvalue weighted by Gasteiger charge is -2.14. The van der Waals surface area contributed by atoms with Crippen LogP contribution in [0.2, 0.25) is 0 Å². The minimum atomic E-state index is -4.57. The lowest BCUT2D eigenvalue weighted by Crippen LogP contribution is -2.08. The molecule has 3 aromatic rings. The average molecular weight is 346 g/mol. The van der Waals surface area contributed by atoms with Crippen LogP contribution < -0.4 is 10.5 Å². The zero-order valence-corrected chi connectivity index (χ0v) is 13.1. The first kappa shape index (κ1) is 16.7. The van der Waals surface area contributed by atoms with E-state index in [0.717, 1.165) is 6.07 Å². The van der Waals surface area contributed by atoms with Crippen LogP contribution in [0.5, 0.6) is 5.75 Å². The quantitative estimate of drug-likeness (QED) is 0.780. The zero-order valence-electron chi connectivity index (χ0n) is 13.1. The molecular weight excluding hydrogens is 333 g/mol. The average Bonchev–Trinajstić information content (AvgIpc) is 2.61. The Labute approximate surface area is 141 Å². The summed E-state index contributed by atoms with van der Waals surface area (Å²) in [6.07, 6.45) is -4.57. The van der Waals surface area contributed by atoms with Gasteiger partial charge in [-0.3, -0.25) is 0 Å². The molecule has 8 heteroatoms. The molecule has 0 saturated carbocycles. The van der Waals surface area contributed by atoms with Gasteiger partial charge in [-0.25, -0.2) is 4.98 Å². The summed E-state index contributed by atoms with van der Waals surface area (Å²) >= 11 is 0. The second-order valence-corrected chi connectivity index (χ2v) is 5.15. The summed E-state index contributed by atoms with van der Waals surface area (Å²) in [5.41, 5.74) is 6.15. The minimum absolute atomic E-state index is 0.0628. The van der Waals surface area contributed by atoms with E-state index in [1.165, 1.54) is 19.2 Å². The number of halogens is 3. The largest absolute Gasteiger partial charge is 0.496 e. The van der Waals surface area contributed by atoms with Crippen LogP contribution in [0, 0.1) is 0 Å². The van der Waals surface area contributed by atoms with Crippen LogP contribution in [0.1, 0.15) is 5.56 Å². The highest BCUT2D eigenvalue weighted by atomic mass is 19.4. The molecule has 0 spiro atoms. The normalized spacial score (nSPS) is 11.4. The summed E-state index contributed by atoms with van der Waals surface area (Å²) in [6.45, 7) is 0. The molecule has 5 nitrogen and oxygen atoms in total. The number of benzene rings is 2. The van der Waals surface area contributed by atoms with E-state index in [0.29, 0.717) is 11.3 Å². The van der Waals surface area contributed by atoms with Crippen molar-refractivity contribution in [1.29, 1.82) is 0 Å². The van der Waals surface area contributed by atoms with Gasteiger partial charge in [0.25, 0.3) is 0 Å². The van der Waals surface area contributed by atoms with E-state index in [2.05, 4.69) is 15.2 Å². The minimum Gasteiger partial charge on any atom is -0.496 e. The predicted octanol–water partition coefficient (Wildman–Crippen LogP) is 3.82. The van der Waals surface area contributed by atoms with Crippen molar-refractivity contribution in [3.05, 3.63) is 54.1 Å². The Kier molecular flexibility index (Phi) is 4.26. The molecule has 0 aliphatic heterocycles. The summed E-state index contributed by atoms with van der Waals surface area (Å²) in [6, 6.07) is 12.6. The zero-order chi connectivity index (χ0) is 18.0. The number of hydrogen-bond acceptors (Lipinski definition) is 5. The van der Waals surface area contributed by atoms with E-state index in [4.69, 9.17) is 10.5 Å². The Morgan fingerprint density at radius 1 is 0.920 bits per heavy atom. The maximum absolute atomic E-state index is 13.3. The second kappa shape index (κ2) is 6.39. The maximum atomic E-state index is 13.3. The molecule has 0 radical (unpaired) electrons. The van der Waals surface area contributed by atoms with Crippen molar-refractivity contribution in [1.82, 2.24) is 15.2 Å². The van der Waals surface area contributed by atoms with Gasteiger partial charge in [-0.15, -0.1) is 10.2 Å². The third-order valence-electron chi connectivity index (χ3n) is 3.53. The lowest BCUT2D eigenvalue weighted by atomic mass is 10.0. The molecule has 0 atom stereocenters. The fraction of sp³-hybridized carbons (Fsp3) is 0.118. The molecule has 0 unspecified atom stereocenters. The van der Waals surface area contributed by atoms with Crippen molar-refractivity contribution in [3.63, 3.8) is 0 Å². The van der Waals surface area contributed by atoms with Crippen LogP contribution in [0.25, 0.3) is 22.5 Å². The van der Waals surface area contributed by atoms with E-state index in [-0.39, 0.29) is 23.0 Å². The SMILES string of the molecule is COc1ccc(-c2nnc(N)nc2-c2ccccc2)cc1C(F)(F)F. The van der Waals surface area contributed by atoms with Gasteiger partial charge in [0, 0.05) is 11.1 Å². The summed E-state index contributed by atoms with van der Waals surface area (Å²) in [7, 11) is 1.18. The summed E-state index contributed by atoms with van der Waals surface area (Å²) in [5, 5.41) is 7.64. The molecule has 2 N–H and O–H groups in total. The van der Waals surface area contributed by atoms with E-state index in [9.17, 15) is 13.2 Å². The molecule has 3 rings (SSSR count). The first-order chi connectivity index (χ1) is 11.9. The van der Waals surface area contributed by atoms with Crippen molar-refractivity contribution in [2.24, 2.45) is 0 Å². The van der Waals surface area contributed by atoms with Crippen LogP contribution in [-0.4, -0.2) is 22.3 Å². The van der Waals surface area contributed by atoms with Crippen LogP contribution in [0.3, 0.4) is 0 Å². The van der Waals surface area contributed by atoms with Gasteiger partial charge >= 0.3 is 6.18 Å². The third kappa shape index (κ3) is 3.37. The lowest BCUT2D eigenvalue weighted by molar-refractivity contribution is -0.138. The molecule has 128 valence electrons. The van der Waals surface area contributed by atoms with Crippen LogP contribution in [0.4, 0.5) is 19.1 Å². The number of ether oxygens (including phenoxy) is 1. The fourth-order valence-electron chi connectivity index (χ4n) is 2.41. The molecule has 0 aliphatic carbocycles. The molecule has 25 heavy (non-hydrogen) atoms. The topological polar surface area (TPSA) is 73.9 Å². The Hall–Kier alpha value is -3.16. The number of aromatic nitrogens is 3. The standard InChI is InChI=1S/C17H13F3N4O/c1-25-13-8-7-11(9-12(13)17(18,19)20)15-14(22-16(21)24-23-15)10-5-3-2-4-6-10/h2-9H,1H3,(H2,21,22,24). The van der Waals surface area contributed by atoms with Gasteiger partial charge in [0.1, 0.15) is 17.1 Å². The van der Waals surface area contributed by atoms with Crippen molar-refractivity contribution in [2.45, 2.75) is 6.18 Å². The van der Waals surface area contributed by atoms with E-state index in [1.54, 1.807) is 24.3 Å². The van der Waals surface area contributed by atoms with Crippen LogP contribution in [-0.2, 0) is 6.18 Å². The first-order valence-corrected chi connectivity index (χ1v) is 7.21. The molecule has 0 amide bonds. The second-order valence-electron chi connectivity index (χ2n) is 5.15. The molecule has 0 bridgehead atoms. The Bertz CT molecular complexity index is 898. The fourth-order valence-corrected chi connectivity index (χ4v) is 2.41. The number of nitrogens with zero attached hydrogens (tertiary/aromatic N) is 3. The van der Waals surface area contributed by atoms with Crippen LogP contribution >= 0.6 is 0 Å². The number of alkyl halides is 3. The Morgan fingerprint density at radius 3 is 2.28 bits per heavy atom. The van der Waals surface area contributed by atoms with Gasteiger partial charge in [-0.2, -0.15) is 13.2 Å². The Morgan fingerprint density at radius 2 is 1.64 bits per heavy atom. The molecule has 1 aromatic heterocycles. The molecule has 0 aliphatic rings. The molecule has 0 fully saturated rings. The number of anilines is 1. The number of hydrogen-bond donors (Lipinski definition) is 1. The number of nitrogens with two attached hydrogens (primary N) is 1. The maximum Gasteiger partial charge on any atom is 0.419 e. The van der Waals surface area contributed by atoms with Crippen LogP contribution in [0.15, 0.2) is 48.5 Å². The highest BCUT2D eigenvalue weighted by Crippen LogP contribution is 2.39. The smallest absolute Gasteiger partial charge is 0.419 e. The van der Waals surface area contributed by atoms with E-state index >= 15 is 0 Å². The molecule has 0 saturated heterocycles. The highest BCUT2D eigenvalue weighted by Gasteiger charge is 2.35. The third-order valence-corrected chi connectivity index (χ3v) is 3.53. The van der Waals surface area contributed by atoms with Gasteiger partial charge in [-0.1, -0.05) is 30.3 Å². The number of methoxy groups -OCH3 is 1. The van der Waals surface area contributed by atoms with Crippen molar-refractivity contribution < 1.29 is 17.9 Å². The van der Waals surface area contributed by atoms with Gasteiger partial charge in [0.15, 0.2) is 0 Å². The van der Waals surface area contributed by atoms with Crippen molar-refractivity contribution >= 4 is 5.95 Å². The summed E-state index contributed by atoms with van der Waals surface area (Å²) in [5.74, 6) is -0.332. The van der Waals surface area contributed by atoms with Crippen molar-refractivity contribution in [2.75, 3.05) is 12.8 Å². The summed E-state index contributed by atoms with van der Waals surface area (Å²) < 4.78 is 44.6. The van der Waals surface area contributed by atoms with Gasteiger partial charge in [-0.05, 0) is 18.2 Å². The van der Waals surface area contributed by atoms with Gasteiger partial charge in [0.05, 0.1) is 12.7 Å². The highest BCUT2D eigenvalue weighted by molar-refractivity contribution is 5.78. The number of nitrogen functional groups attached to an aromatic ring is 1. The molecule has 1 heterocycles. The first-order valence-electron chi connectivity index (χ1n) is 7.21. The molecule has 2 aromatic carbocycles. The van der Waals surface area contributed by atoms with E-state index in [1.807, 2.05) is 6.07 Å². The molecular formula is C17H13F3N4O. The van der Waals surface area contributed by atoms with Crippen molar-refractivity contribution in [3.8, 4) is 28.3 Å². The number of rotatable bonds is 3. The van der Waals surface area contributed by atoms with E-state index < -0.39 is 11.7 Å².